The van der Waals surface area contributed by atoms with Crippen molar-refractivity contribution in [2.24, 2.45) is 7.05 Å². The zero-order valence-electron chi connectivity index (χ0n) is 31.0. The zero-order valence-corrected chi connectivity index (χ0v) is 31.0. The third-order valence-electron chi connectivity index (χ3n) is 10.8. The summed E-state index contributed by atoms with van der Waals surface area (Å²) in [6.07, 6.45) is 3.07. The number of benzene rings is 2. The number of aryl methyl sites for hydroxylation is 1. The van der Waals surface area contributed by atoms with E-state index in [0.29, 0.717) is 44.3 Å². The van der Waals surface area contributed by atoms with Gasteiger partial charge in [0, 0.05) is 89.1 Å². The second-order valence-corrected chi connectivity index (χ2v) is 15.7. The van der Waals surface area contributed by atoms with Gasteiger partial charge >= 0.3 is 6.09 Å². The highest BCUT2D eigenvalue weighted by molar-refractivity contribution is 6.03. The van der Waals surface area contributed by atoms with Gasteiger partial charge in [0.1, 0.15) is 5.60 Å². The Hall–Kier alpha value is -5.08. The van der Waals surface area contributed by atoms with Gasteiger partial charge in [-0.1, -0.05) is 24.3 Å². The highest BCUT2D eigenvalue weighted by Crippen LogP contribution is 2.35. The number of likely N-dealkylation sites (tertiary alicyclic amines) is 1. The van der Waals surface area contributed by atoms with Gasteiger partial charge in [0.05, 0.1) is 35.1 Å². The molecule has 1 unspecified atom stereocenters. The summed E-state index contributed by atoms with van der Waals surface area (Å²) in [6, 6.07) is 15.2. The number of fused-ring (bicyclic) bond motifs is 2. The van der Waals surface area contributed by atoms with Crippen LogP contribution in [0.4, 0.5) is 22.1 Å². The van der Waals surface area contributed by atoms with Crippen LogP contribution in [0.5, 0.6) is 0 Å². The SMILES string of the molecule is Cn1nc(C2CCC(=O)NC2=O)c2cccc(N3CCN(C4CN(Cc5ccc(Nc6ncc7c(n6)CN(C(=O)OC(C)(C)C)CC7)cc5)C4)CC3)c21. The lowest BCUT2D eigenvalue weighted by atomic mass is 9.92. The molecule has 14 heteroatoms. The van der Waals surface area contributed by atoms with Gasteiger partial charge in [-0.05, 0) is 62.9 Å². The number of para-hydroxylation sites is 1. The van der Waals surface area contributed by atoms with Crippen molar-refractivity contribution in [3.05, 3.63) is 71.2 Å². The van der Waals surface area contributed by atoms with Crippen LogP contribution in [0.3, 0.4) is 0 Å². The molecule has 53 heavy (non-hydrogen) atoms. The van der Waals surface area contributed by atoms with Gasteiger partial charge in [-0.3, -0.25) is 29.4 Å². The van der Waals surface area contributed by atoms with Crippen LogP contribution >= 0.6 is 0 Å². The quantitative estimate of drug-likeness (QED) is 0.269. The second-order valence-electron chi connectivity index (χ2n) is 15.7. The number of hydrogen-bond donors (Lipinski definition) is 2. The lowest BCUT2D eigenvalue weighted by Gasteiger charge is -2.48. The largest absolute Gasteiger partial charge is 0.444 e. The Balaban J connectivity index is 0.815. The Morgan fingerprint density at radius 1 is 1.00 bits per heavy atom. The number of piperazine rings is 1. The molecule has 4 aliphatic heterocycles. The van der Waals surface area contributed by atoms with E-state index >= 15 is 0 Å². The zero-order chi connectivity index (χ0) is 36.9. The fourth-order valence-corrected chi connectivity index (χ4v) is 7.97. The molecular formula is C39H48N10O4. The number of aromatic nitrogens is 4. The van der Waals surface area contributed by atoms with Gasteiger partial charge in [0.2, 0.25) is 17.8 Å². The smallest absolute Gasteiger partial charge is 0.410 e. The number of ether oxygens (including phenoxy) is 1. The van der Waals surface area contributed by atoms with Crippen LogP contribution in [-0.2, 0) is 40.9 Å². The minimum Gasteiger partial charge on any atom is -0.444 e. The van der Waals surface area contributed by atoms with E-state index in [2.05, 4.69) is 66.7 Å². The summed E-state index contributed by atoms with van der Waals surface area (Å²) in [5, 5.41) is 11.6. The average molecular weight is 721 g/mol. The lowest BCUT2D eigenvalue weighted by molar-refractivity contribution is -0.134. The lowest BCUT2D eigenvalue weighted by Crippen LogP contribution is -2.62. The Morgan fingerprint density at radius 2 is 1.77 bits per heavy atom. The molecule has 0 spiro atoms. The summed E-state index contributed by atoms with van der Waals surface area (Å²) >= 11 is 0. The highest BCUT2D eigenvalue weighted by atomic mass is 16.6. The van der Waals surface area contributed by atoms with Crippen molar-refractivity contribution in [3.63, 3.8) is 0 Å². The minimum atomic E-state index is -0.538. The number of rotatable bonds is 7. The topological polar surface area (TPSA) is 141 Å². The first-order chi connectivity index (χ1) is 25.5. The molecule has 278 valence electrons. The molecule has 0 aliphatic carbocycles. The molecule has 4 aromatic rings. The fraction of sp³-hybridized carbons (Fsp3) is 0.487. The van der Waals surface area contributed by atoms with Crippen molar-refractivity contribution in [2.75, 3.05) is 56.0 Å². The molecule has 1 atom stereocenters. The number of hydrogen-bond acceptors (Lipinski definition) is 11. The molecule has 0 radical (unpaired) electrons. The maximum absolute atomic E-state index is 12.6. The van der Waals surface area contributed by atoms with Crippen LogP contribution in [-0.4, -0.2) is 110 Å². The minimum absolute atomic E-state index is 0.211. The van der Waals surface area contributed by atoms with Crippen molar-refractivity contribution >= 4 is 46.1 Å². The molecule has 3 saturated heterocycles. The third-order valence-corrected chi connectivity index (χ3v) is 10.8. The first-order valence-corrected chi connectivity index (χ1v) is 18.7. The van der Waals surface area contributed by atoms with E-state index < -0.39 is 11.5 Å². The summed E-state index contributed by atoms with van der Waals surface area (Å²) in [6.45, 7) is 13.5. The molecule has 3 amide bonds. The number of carbonyl (C=O) groups excluding carboxylic acids is 3. The molecule has 14 nitrogen and oxygen atoms in total. The monoisotopic (exact) mass is 720 g/mol. The summed E-state index contributed by atoms with van der Waals surface area (Å²) in [5.41, 5.74) is 6.49. The van der Waals surface area contributed by atoms with Crippen LogP contribution in [0.1, 0.15) is 62.0 Å². The predicted molar refractivity (Wildman–Crippen MR) is 201 cm³/mol. The maximum atomic E-state index is 12.6. The summed E-state index contributed by atoms with van der Waals surface area (Å²) in [5.74, 6) is -0.355. The van der Waals surface area contributed by atoms with Crippen LogP contribution in [0.2, 0.25) is 0 Å². The van der Waals surface area contributed by atoms with E-state index in [0.717, 1.165) is 85.0 Å². The number of carbonyl (C=O) groups is 3. The van der Waals surface area contributed by atoms with Gasteiger partial charge < -0.3 is 19.9 Å². The van der Waals surface area contributed by atoms with Gasteiger partial charge in [0.15, 0.2) is 0 Å². The number of piperidine rings is 1. The van der Waals surface area contributed by atoms with Gasteiger partial charge in [0.25, 0.3) is 0 Å². The van der Waals surface area contributed by atoms with Crippen LogP contribution < -0.4 is 15.5 Å². The molecule has 0 saturated carbocycles. The summed E-state index contributed by atoms with van der Waals surface area (Å²) in [7, 11) is 1.94. The number of anilines is 3. The number of imide groups is 1. The van der Waals surface area contributed by atoms with Crippen molar-refractivity contribution in [1.29, 1.82) is 0 Å². The van der Waals surface area contributed by atoms with E-state index in [-0.39, 0.29) is 17.9 Å². The Morgan fingerprint density at radius 3 is 2.51 bits per heavy atom. The number of nitrogens with zero attached hydrogens (tertiary/aromatic N) is 8. The van der Waals surface area contributed by atoms with Crippen LogP contribution in [0, 0.1) is 0 Å². The normalized spacial score (nSPS) is 20.3. The molecular weight excluding hydrogens is 672 g/mol. The number of nitrogens with one attached hydrogen (secondary N) is 2. The van der Waals surface area contributed by atoms with E-state index in [9.17, 15) is 14.4 Å². The molecule has 2 aromatic heterocycles. The predicted octanol–water partition coefficient (Wildman–Crippen LogP) is 3.93. The fourth-order valence-electron chi connectivity index (χ4n) is 7.97. The van der Waals surface area contributed by atoms with Gasteiger partial charge in [-0.15, -0.1) is 0 Å². The van der Waals surface area contributed by atoms with Gasteiger partial charge in [-0.25, -0.2) is 14.8 Å². The average Bonchev–Trinajstić information content (AvgIpc) is 3.45. The summed E-state index contributed by atoms with van der Waals surface area (Å²) < 4.78 is 7.46. The van der Waals surface area contributed by atoms with Crippen LogP contribution in [0.25, 0.3) is 10.9 Å². The third kappa shape index (κ3) is 7.42. The summed E-state index contributed by atoms with van der Waals surface area (Å²) in [4.78, 5) is 55.5. The van der Waals surface area contributed by atoms with Crippen molar-refractivity contribution in [3.8, 4) is 0 Å². The molecule has 0 bridgehead atoms. The number of amides is 3. The van der Waals surface area contributed by atoms with Crippen molar-refractivity contribution in [1.82, 2.24) is 39.8 Å². The molecule has 2 N–H and O–H groups in total. The molecule has 8 rings (SSSR count). The van der Waals surface area contributed by atoms with Crippen molar-refractivity contribution in [2.45, 2.75) is 70.7 Å². The first-order valence-electron chi connectivity index (χ1n) is 18.7. The Bertz CT molecular complexity index is 2030. The maximum Gasteiger partial charge on any atom is 0.410 e. The van der Waals surface area contributed by atoms with E-state index in [1.807, 2.05) is 44.8 Å². The molecule has 6 heterocycles. The van der Waals surface area contributed by atoms with E-state index in [1.54, 1.807) is 4.90 Å². The first kappa shape index (κ1) is 35.0. The molecule has 3 fully saturated rings. The van der Waals surface area contributed by atoms with E-state index in [1.165, 1.54) is 5.56 Å². The van der Waals surface area contributed by atoms with Gasteiger partial charge in [-0.2, -0.15) is 5.10 Å². The molecule has 2 aromatic carbocycles. The van der Waals surface area contributed by atoms with Crippen molar-refractivity contribution < 1.29 is 19.1 Å². The van der Waals surface area contributed by atoms with E-state index in [4.69, 9.17) is 14.8 Å². The Kier molecular flexibility index (Phi) is 9.27. The van der Waals surface area contributed by atoms with Crippen LogP contribution in [0.15, 0.2) is 48.7 Å². The second kappa shape index (κ2) is 14.0. The standard InChI is InChI=1S/C39H48N10O4/c1-39(2,3)53-38(52)49-15-14-26-20-40-37(42-31(26)24-49)41-27-10-8-25(9-11-27)21-46-22-28(23-46)47-16-18-48(19-17-47)32-7-5-6-29-34(44-45(4)35(29)32)30-12-13-33(50)43-36(30)51/h5-11,20,28,30H,12-19,21-24H2,1-4H3,(H,40,41,42)(H,43,50,51). The molecule has 4 aliphatic rings. The Labute approximate surface area is 309 Å². The highest BCUT2D eigenvalue weighted by Gasteiger charge is 2.35.